The quantitative estimate of drug-likeness (QED) is 0.723. The molecule has 0 atom stereocenters. The lowest BCUT2D eigenvalue weighted by Gasteiger charge is -2.21. The second kappa shape index (κ2) is 4.51. The van der Waals surface area contributed by atoms with Crippen LogP contribution in [-0.2, 0) is 6.54 Å². The summed E-state index contributed by atoms with van der Waals surface area (Å²) in [5.41, 5.74) is 0.530. The molecule has 0 radical (unpaired) electrons. The predicted octanol–water partition coefficient (Wildman–Crippen LogP) is 2.81. The molecule has 78 valence electrons. The van der Waals surface area contributed by atoms with E-state index in [2.05, 4.69) is 0 Å². The van der Waals surface area contributed by atoms with E-state index < -0.39 is 11.6 Å². The fraction of sp³-hybridized carbons (Fsp3) is 0.455. The van der Waals surface area contributed by atoms with E-state index in [4.69, 9.17) is 0 Å². The lowest BCUT2D eigenvalue weighted by molar-refractivity contribution is 0.262. The van der Waals surface area contributed by atoms with E-state index in [0.29, 0.717) is 18.2 Å². The van der Waals surface area contributed by atoms with E-state index in [0.717, 1.165) is 6.07 Å². The van der Waals surface area contributed by atoms with Crippen molar-refractivity contribution in [2.45, 2.75) is 26.4 Å². The van der Waals surface area contributed by atoms with Crippen molar-refractivity contribution in [3.63, 3.8) is 0 Å². The summed E-state index contributed by atoms with van der Waals surface area (Å²) in [5.74, 6) is -1.00. The standard InChI is InChI=1S/C11H15F2N/c1-8(2)14(3)7-9-4-5-10(12)6-11(9)13/h4-6,8H,7H2,1-3H3. The summed E-state index contributed by atoms with van der Waals surface area (Å²) in [7, 11) is 1.91. The van der Waals surface area contributed by atoms with Gasteiger partial charge in [-0.25, -0.2) is 8.78 Å². The van der Waals surface area contributed by atoms with Crippen LogP contribution in [0, 0.1) is 11.6 Å². The lowest BCUT2D eigenvalue weighted by Crippen LogP contribution is -2.26. The molecule has 14 heavy (non-hydrogen) atoms. The number of nitrogens with zero attached hydrogens (tertiary/aromatic N) is 1. The average molecular weight is 199 g/mol. The normalized spacial score (nSPS) is 11.4. The summed E-state index contributed by atoms with van der Waals surface area (Å²) >= 11 is 0. The number of benzene rings is 1. The Balaban J connectivity index is 2.77. The van der Waals surface area contributed by atoms with Crippen LogP contribution in [0.4, 0.5) is 8.78 Å². The van der Waals surface area contributed by atoms with Gasteiger partial charge in [-0.2, -0.15) is 0 Å². The Morgan fingerprint density at radius 2 is 1.93 bits per heavy atom. The summed E-state index contributed by atoms with van der Waals surface area (Å²) in [4.78, 5) is 2.00. The highest BCUT2D eigenvalue weighted by Crippen LogP contribution is 2.12. The zero-order chi connectivity index (χ0) is 10.7. The Labute approximate surface area is 83.3 Å². The van der Waals surface area contributed by atoms with Crippen molar-refractivity contribution in [3.8, 4) is 0 Å². The van der Waals surface area contributed by atoms with Crippen molar-refractivity contribution in [1.82, 2.24) is 4.90 Å². The first kappa shape index (κ1) is 11.1. The van der Waals surface area contributed by atoms with Crippen molar-refractivity contribution >= 4 is 0 Å². The third kappa shape index (κ3) is 2.77. The van der Waals surface area contributed by atoms with Gasteiger partial charge in [-0.15, -0.1) is 0 Å². The number of halogens is 2. The predicted molar refractivity (Wildman–Crippen MR) is 53.0 cm³/mol. The van der Waals surface area contributed by atoms with Crippen molar-refractivity contribution in [1.29, 1.82) is 0 Å². The van der Waals surface area contributed by atoms with Crippen LogP contribution in [0.15, 0.2) is 18.2 Å². The molecule has 3 heteroatoms. The molecule has 0 aliphatic heterocycles. The van der Waals surface area contributed by atoms with E-state index in [1.807, 2.05) is 25.8 Å². The SMILES string of the molecule is CC(C)N(C)Cc1ccc(F)cc1F. The van der Waals surface area contributed by atoms with Crippen LogP contribution in [0.1, 0.15) is 19.4 Å². The van der Waals surface area contributed by atoms with Crippen LogP contribution in [0.25, 0.3) is 0 Å². The number of hydrogen-bond donors (Lipinski definition) is 0. The molecule has 0 amide bonds. The molecule has 0 saturated heterocycles. The second-order valence-corrected chi connectivity index (χ2v) is 3.74. The second-order valence-electron chi connectivity index (χ2n) is 3.74. The van der Waals surface area contributed by atoms with Gasteiger partial charge < -0.3 is 0 Å². The monoisotopic (exact) mass is 199 g/mol. The zero-order valence-electron chi connectivity index (χ0n) is 8.72. The van der Waals surface area contributed by atoms with E-state index >= 15 is 0 Å². The van der Waals surface area contributed by atoms with Gasteiger partial charge in [0.25, 0.3) is 0 Å². The van der Waals surface area contributed by atoms with Gasteiger partial charge in [0.15, 0.2) is 0 Å². The molecule has 0 unspecified atom stereocenters. The van der Waals surface area contributed by atoms with Crippen LogP contribution in [-0.4, -0.2) is 18.0 Å². The van der Waals surface area contributed by atoms with E-state index in [-0.39, 0.29) is 0 Å². The third-order valence-electron chi connectivity index (χ3n) is 2.32. The van der Waals surface area contributed by atoms with Gasteiger partial charge in [-0.3, -0.25) is 4.90 Å². The molecule has 1 rings (SSSR count). The minimum absolute atomic E-state index is 0.347. The van der Waals surface area contributed by atoms with Gasteiger partial charge in [-0.05, 0) is 27.0 Å². The van der Waals surface area contributed by atoms with Crippen molar-refractivity contribution in [3.05, 3.63) is 35.4 Å². The molecule has 0 heterocycles. The highest BCUT2D eigenvalue weighted by Gasteiger charge is 2.08. The van der Waals surface area contributed by atoms with Crippen molar-refractivity contribution in [2.75, 3.05) is 7.05 Å². The van der Waals surface area contributed by atoms with Crippen molar-refractivity contribution in [2.24, 2.45) is 0 Å². The Hall–Kier alpha value is -0.960. The average Bonchev–Trinajstić information content (AvgIpc) is 2.09. The number of hydrogen-bond acceptors (Lipinski definition) is 1. The first-order valence-corrected chi connectivity index (χ1v) is 4.65. The van der Waals surface area contributed by atoms with Gasteiger partial charge in [-0.1, -0.05) is 6.07 Å². The zero-order valence-corrected chi connectivity index (χ0v) is 8.72. The highest BCUT2D eigenvalue weighted by atomic mass is 19.1. The van der Waals surface area contributed by atoms with Crippen LogP contribution >= 0.6 is 0 Å². The fourth-order valence-corrected chi connectivity index (χ4v) is 1.10. The molecule has 0 spiro atoms. The highest BCUT2D eigenvalue weighted by molar-refractivity contribution is 5.18. The lowest BCUT2D eigenvalue weighted by atomic mass is 10.2. The maximum atomic E-state index is 13.2. The van der Waals surface area contributed by atoms with Crippen LogP contribution < -0.4 is 0 Å². The summed E-state index contributed by atoms with van der Waals surface area (Å²) in [6.45, 7) is 4.56. The first-order valence-electron chi connectivity index (χ1n) is 4.65. The van der Waals surface area contributed by atoms with E-state index in [1.165, 1.54) is 12.1 Å². The maximum absolute atomic E-state index is 13.2. The summed E-state index contributed by atoms with van der Waals surface area (Å²) in [6, 6.07) is 4.04. The Morgan fingerprint density at radius 3 is 2.43 bits per heavy atom. The van der Waals surface area contributed by atoms with Crippen LogP contribution in [0.3, 0.4) is 0 Å². The van der Waals surface area contributed by atoms with Gasteiger partial charge >= 0.3 is 0 Å². The fourth-order valence-electron chi connectivity index (χ4n) is 1.10. The Bertz CT molecular complexity index is 310. The maximum Gasteiger partial charge on any atom is 0.130 e. The Kier molecular flexibility index (Phi) is 3.58. The summed E-state index contributed by atoms with van der Waals surface area (Å²) in [6.07, 6.45) is 0. The molecular weight excluding hydrogens is 184 g/mol. The number of rotatable bonds is 3. The van der Waals surface area contributed by atoms with E-state index in [1.54, 1.807) is 0 Å². The third-order valence-corrected chi connectivity index (χ3v) is 2.32. The molecule has 1 nitrogen and oxygen atoms in total. The smallest absolute Gasteiger partial charge is 0.130 e. The van der Waals surface area contributed by atoms with Crippen molar-refractivity contribution < 1.29 is 8.78 Å². The molecular formula is C11H15F2N. The topological polar surface area (TPSA) is 3.24 Å². The van der Waals surface area contributed by atoms with Gasteiger partial charge in [0.1, 0.15) is 11.6 Å². The van der Waals surface area contributed by atoms with Crippen LogP contribution in [0.2, 0.25) is 0 Å². The minimum atomic E-state index is -0.529. The molecule has 0 bridgehead atoms. The van der Waals surface area contributed by atoms with E-state index in [9.17, 15) is 8.78 Å². The molecule has 0 aliphatic rings. The summed E-state index contributed by atoms with van der Waals surface area (Å²) < 4.78 is 25.8. The molecule has 0 aliphatic carbocycles. The molecule has 1 aromatic rings. The molecule has 0 saturated carbocycles. The van der Waals surface area contributed by atoms with Gasteiger partial charge in [0, 0.05) is 24.2 Å². The molecule has 1 aromatic carbocycles. The molecule has 0 aromatic heterocycles. The summed E-state index contributed by atoms with van der Waals surface area (Å²) in [5, 5.41) is 0. The molecule has 0 fully saturated rings. The largest absolute Gasteiger partial charge is 0.300 e. The van der Waals surface area contributed by atoms with Gasteiger partial charge in [0.2, 0.25) is 0 Å². The van der Waals surface area contributed by atoms with Crippen LogP contribution in [0.5, 0.6) is 0 Å². The molecule has 0 N–H and O–H groups in total. The first-order chi connectivity index (χ1) is 6.50. The Morgan fingerprint density at radius 1 is 1.29 bits per heavy atom. The van der Waals surface area contributed by atoms with Gasteiger partial charge in [0.05, 0.1) is 0 Å². The minimum Gasteiger partial charge on any atom is -0.300 e.